The first kappa shape index (κ1) is 16.8. The van der Waals surface area contributed by atoms with E-state index in [2.05, 4.69) is 53.1 Å². The lowest BCUT2D eigenvalue weighted by atomic mass is 10.1. The van der Waals surface area contributed by atoms with Crippen molar-refractivity contribution in [2.24, 2.45) is 0 Å². The fraction of sp³-hybridized carbons (Fsp3) is 0.217. The quantitative estimate of drug-likeness (QED) is 0.484. The van der Waals surface area contributed by atoms with Gasteiger partial charge in [-0.25, -0.2) is 0 Å². The van der Waals surface area contributed by atoms with E-state index >= 15 is 0 Å². The van der Waals surface area contributed by atoms with Crippen molar-refractivity contribution in [3.63, 3.8) is 0 Å². The summed E-state index contributed by atoms with van der Waals surface area (Å²) in [4.78, 5) is 0. The van der Waals surface area contributed by atoms with Crippen molar-refractivity contribution >= 4 is 21.8 Å². The number of aliphatic hydroxyl groups is 1. The van der Waals surface area contributed by atoms with Crippen LogP contribution < -0.4 is 0 Å². The Hall–Kier alpha value is -2.62. The molecule has 1 aromatic heterocycles. The molecule has 0 saturated heterocycles. The molecule has 3 heteroatoms. The molecule has 0 aliphatic heterocycles. The van der Waals surface area contributed by atoms with E-state index in [1.54, 1.807) is 0 Å². The second kappa shape index (κ2) is 7.73. The van der Waals surface area contributed by atoms with Crippen LogP contribution >= 0.6 is 0 Å². The van der Waals surface area contributed by atoms with Crippen molar-refractivity contribution in [1.82, 2.24) is 4.57 Å². The predicted molar refractivity (Wildman–Crippen MR) is 106 cm³/mol. The van der Waals surface area contributed by atoms with E-state index in [9.17, 15) is 5.11 Å². The van der Waals surface area contributed by atoms with Crippen molar-refractivity contribution in [3.8, 4) is 0 Å². The normalized spacial score (nSPS) is 11.4. The summed E-state index contributed by atoms with van der Waals surface area (Å²) in [5.74, 6) is 0. The molecule has 0 bridgehead atoms. The van der Waals surface area contributed by atoms with Gasteiger partial charge in [-0.2, -0.15) is 0 Å². The summed E-state index contributed by atoms with van der Waals surface area (Å²) in [7, 11) is 0. The number of nitrogens with zero attached hydrogens (tertiary/aromatic N) is 1. The van der Waals surface area contributed by atoms with Crippen molar-refractivity contribution in [2.45, 2.75) is 26.2 Å². The van der Waals surface area contributed by atoms with Crippen LogP contribution in [-0.4, -0.2) is 16.3 Å². The molecule has 1 heterocycles. The van der Waals surface area contributed by atoms with Gasteiger partial charge < -0.3 is 14.4 Å². The van der Waals surface area contributed by atoms with Gasteiger partial charge in [-0.15, -0.1) is 0 Å². The molecular formula is C23H23NO2. The molecular weight excluding hydrogens is 322 g/mol. The fourth-order valence-electron chi connectivity index (χ4n) is 3.53. The summed E-state index contributed by atoms with van der Waals surface area (Å²) in [6.07, 6.45) is 0.961. The lowest BCUT2D eigenvalue weighted by Gasteiger charge is -2.09. The van der Waals surface area contributed by atoms with Gasteiger partial charge in [0.25, 0.3) is 0 Å². The molecule has 0 spiro atoms. The third-order valence-electron chi connectivity index (χ3n) is 4.80. The van der Waals surface area contributed by atoms with Crippen LogP contribution in [0.15, 0.2) is 72.8 Å². The van der Waals surface area contributed by atoms with E-state index in [1.165, 1.54) is 27.4 Å². The lowest BCUT2D eigenvalue weighted by molar-refractivity contribution is 0.116. The molecule has 1 N–H and O–H groups in total. The van der Waals surface area contributed by atoms with Crippen LogP contribution in [0, 0.1) is 0 Å². The highest BCUT2D eigenvalue weighted by molar-refractivity contribution is 6.08. The van der Waals surface area contributed by atoms with E-state index in [0.717, 1.165) is 25.1 Å². The maximum absolute atomic E-state index is 9.45. The van der Waals surface area contributed by atoms with Crippen LogP contribution in [0.4, 0.5) is 0 Å². The Bertz CT molecular complexity index is 1000. The Morgan fingerprint density at radius 2 is 1.54 bits per heavy atom. The number of hydrogen-bond donors (Lipinski definition) is 1. The molecule has 0 aliphatic rings. The molecule has 0 unspecified atom stereocenters. The number of hydrogen-bond acceptors (Lipinski definition) is 2. The third kappa shape index (κ3) is 3.36. The zero-order valence-electron chi connectivity index (χ0n) is 14.8. The number of ether oxygens (including phenoxy) is 1. The highest BCUT2D eigenvalue weighted by Crippen LogP contribution is 2.30. The van der Waals surface area contributed by atoms with Gasteiger partial charge in [-0.1, -0.05) is 54.6 Å². The zero-order chi connectivity index (χ0) is 17.8. The average molecular weight is 345 g/mol. The second-order valence-corrected chi connectivity index (χ2v) is 6.57. The molecule has 0 atom stereocenters. The van der Waals surface area contributed by atoms with Gasteiger partial charge in [-0.3, -0.25) is 0 Å². The SMILES string of the molecule is OCc1ccc2c(c1)c1ccccc1n2CCCOCc1ccccc1. The van der Waals surface area contributed by atoms with Gasteiger partial charge in [0, 0.05) is 35.0 Å². The largest absolute Gasteiger partial charge is 0.392 e. The Kier molecular flexibility index (Phi) is 5.00. The number of para-hydroxylation sites is 1. The predicted octanol–water partition coefficient (Wildman–Crippen LogP) is 4.89. The number of aryl methyl sites for hydroxylation is 1. The number of rotatable bonds is 7. The smallest absolute Gasteiger partial charge is 0.0716 e. The number of aromatic nitrogens is 1. The van der Waals surface area contributed by atoms with Crippen molar-refractivity contribution in [2.75, 3.05) is 6.61 Å². The average Bonchev–Trinajstić information content (AvgIpc) is 3.02. The highest BCUT2D eigenvalue weighted by Gasteiger charge is 2.10. The van der Waals surface area contributed by atoms with Gasteiger partial charge in [0.2, 0.25) is 0 Å². The molecule has 132 valence electrons. The van der Waals surface area contributed by atoms with Crippen LogP contribution in [-0.2, 0) is 24.5 Å². The van der Waals surface area contributed by atoms with Gasteiger partial charge in [0.05, 0.1) is 13.2 Å². The fourth-order valence-corrected chi connectivity index (χ4v) is 3.53. The third-order valence-corrected chi connectivity index (χ3v) is 4.80. The summed E-state index contributed by atoms with van der Waals surface area (Å²) >= 11 is 0. The van der Waals surface area contributed by atoms with E-state index < -0.39 is 0 Å². The van der Waals surface area contributed by atoms with Crippen LogP contribution in [0.1, 0.15) is 17.5 Å². The Morgan fingerprint density at radius 3 is 2.38 bits per heavy atom. The Labute approximate surface area is 153 Å². The molecule has 0 saturated carbocycles. The van der Waals surface area contributed by atoms with Crippen LogP contribution in [0.5, 0.6) is 0 Å². The van der Waals surface area contributed by atoms with E-state index in [1.807, 2.05) is 24.3 Å². The molecule has 0 aliphatic carbocycles. The van der Waals surface area contributed by atoms with Gasteiger partial charge in [-0.05, 0) is 35.7 Å². The van der Waals surface area contributed by atoms with Crippen LogP contribution in [0.3, 0.4) is 0 Å². The monoisotopic (exact) mass is 345 g/mol. The first-order chi connectivity index (χ1) is 12.9. The van der Waals surface area contributed by atoms with Crippen molar-refractivity contribution in [1.29, 1.82) is 0 Å². The summed E-state index contributed by atoms with van der Waals surface area (Å²) < 4.78 is 8.19. The Balaban J connectivity index is 1.50. The van der Waals surface area contributed by atoms with E-state index in [4.69, 9.17) is 4.74 Å². The van der Waals surface area contributed by atoms with Crippen LogP contribution in [0.25, 0.3) is 21.8 Å². The summed E-state index contributed by atoms with van der Waals surface area (Å²) in [6.45, 7) is 2.38. The van der Waals surface area contributed by atoms with Gasteiger partial charge in [0.1, 0.15) is 0 Å². The minimum absolute atomic E-state index is 0.0722. The molecule has 26 heavy (non-hydrogen) atoms. The van der Waals surface area contributed by atoms with E-state index in [-0.39, 0.29) is 6.61 Å². The van der Waals surface area contributed by atoms with Gasteiger partial charge >= 0.3 is 0 Å². The van der Waals surface area contributed by atoms with Crippen molar-refractivity contribution in [3.05, 3.63) is 83.9 Å². The minimum atomic E-state index is 0.0722. The number of benzene rings is 3. The first-order valence-corrected chi connectivity index (χ1v) is 9.09. The summed E-state index contributed by atoms with van der Waals surface area (Å²) in [5.41, 5.74) is 4.61. The van der Waals surface area contributed by atoms with Crippen LogP contribution in [0.2, 0.25) is 0 Å². The topological polar surface area (TPSA) is 34.4 Å². The minimum Gasteiger partial charge on any atom is -0.392 e. The standard InChI is InChI=1S/C23H23NO2/c25-16-19-11-12-23-21(15-19)20-9-4-5-10-22(20)24(23)13-6-14-26-17-18-7-2-1-3-8-18/h1-5,7-12,15,25H,6,13-14,16-17H2. The maximum atomic E-state index is 9.45. The Morgan fingerprint density at radius 1 is 0.769 bits per heavy atom. The molecule has 0 radical (unpaired) electrons. The first-order valence-electron chi connectivity index (χ1n) is 9.09. The number of fused-ring (bicyclic) bond motifs is 3. The van der Waals surface area contributed by atoms with Gasteiger partial charge in [0.15, 0.2) is 0 Å². The maximum Gasteiger partial charge on any atom is 0.0716 e. The lowest BCUT2D eigenvalue weighted by Crippen LogP contribution is -2.03. The zero-order valence-corrected chi connectivity index (χ0v) is 14.8. The molecule has 0 fully saturated rings. The summed E-state index contributed by atoms with van der Waals surface area (Å²) in [5, 5.41) is 11.9. The second-order valence-electron chi connectivity index (χ2n) is 6.57. The molecule has 0 amide bonds. The molecule has 3 nitrogen and oxygen atoms in total. The summed E-state index contributed by atoms with van der Waals surface area (Å²) in [6, 6.07) is 25.0. The molecule has 4 aromatic rings. The van der Waals surface area contributed by atoms with E-state index in [0.29, 0.717) is 6.61 Å². The number of aliphatic hydroxyl groups excluding tert-OH is 1. The van der Waals surface area contributed by atoms with Crippen molar-refractivity contribution < 1.29 is 9.84 Å². The highest BCUT2D eigenvalue weighted by atomic mass is 16.5. The molecule has 3 aromatic carbocycles. The molecule has 4 rings (SSSR count).